The number of rotatable bonds is 4. The van der Waals surface area contributed by atoms with Gasteiger partial charge in [-0.25, -0.2) is 0 Å². The molecule has 1 aromatic carbocycles. The molecule has 0 aliphatic carbocycles. The third kappa shape index (κ3) is 2.52. The zero-order valence-corrected chi connectivity index (χ0v) is 7.49. The van der Waals surface area contributed by atoms with Gasteiger partial charge in [0.2, 0.25) is 0 Å². The van der Waals surface area contributed by atoms with Crippen LogP contribution in [0.3, 0.4) is 0 Å². The normalized spacial score (nSPS) is 9.69. The molecule has 1 rings (SSSR count). The number of methoxy groups -OCH3 is 1. The molecule has 0 spiro atoms. The lowest BCUT2D eigenvalue weighted by molar-refractivity contribution is 0.307. The quantitative estimate of drug-likeness (QED) is 0.722. The third-order valence-corrected chi connectivity index (χ3v) is 1.54. The predicted octanol–water partition coefficient (Wildman–Crippen LogP) is 0.738. The summed E-state index contributed by atoms with van der Waals surface area (Å²) in [5.74, 6) is 1.08. The molecule has 0 bridgehead atoms. The Hall–Kier alpha value is -1.42. The molecule has 0 radical (unpaired) electrons. The lowest BCUT2D eigenvalue weighted by Crippen LogP contribution is -2.10. The second-order valence-electron chi connectivity index (χ2n) is 2.47. The smallest absolute Gasteiger partial charge is 0.161 e. The standard InChI is InChI=1S/C9H13NO3/c1-12-7-2-3-9(8(11)6-7)13-5-4-10/h2-3,6,11H,4-5,10H2,1H3. The van der Waals surface area contributed by atoms with E-state index in [4.69, 9.17) is 15.2 Å². The molecule has 0 unspecified atom stereocenters. The summed E-state index contributed by atoms with van der Waals surface area (Å²) in [4.78, 5) is 0. The van der Waals surface area contributed by atoms with E-state index in [9.17, 15) is 5.11 Å². The average Bonchev–Trinajstić information content (AvgIpc) is 2.16. The molecular formula is C9H13NO3. The lowest BCUT2D eigenvalue weighted by atomic mass is 10.3. The molecular weight excluding hydrogens is 170 g/mol. The zero-order valence-electron chi connectivity index (χ0n) is 7.49. The number of aromatic hydroxyl groups is 1. The van der Waals surface area contributed by atoms with Gasteiger partial charge < -0.3 is 20.3 Å². The largest absolute Gasteiger partial charge is 0.504 e. The van der Waals surface area contributed by atoms with Crippen LogP contribution < -0.4 is 15.2 Å². The molecule has 0 aliphatic heterocycles. The van der Waals surface area contributed by atoms with Crippen LogP contribution in [0.1, 0.15) is 0 Å². The molecule has 1 aromatic rings. The van der Waals surface area contributed by atoms with Crippen molar-refractivity contribution in [3.63, 3.8) is 0 Å². The minimum Gasteiger partial charge on any atom is -0.504 e. The van der Waals surface area contributed by atoms with Gasteiger partial charge >= 0.3 is 0 Å². The summed E-state index contributed by atoms with van der Waals surface area (Å²) >= 11 is 0. The van der Waals surface area contributed by atoms with Gasteiger partial charge in [-0.05, 0) is 12.1 Å². The van der Waals surface area contributed by atoms with Crippen molar-refractivity contribution in [2.24, 2.45) is 5.73 Å². The molecule has 0 atom stereocenters. The van der Waals surface area contributed by atoms with E-state index in [1.807, 2.05) is 0 Å². The van der Waals surface area contributed by atoms with E-state index in [0.717, 1.165) is 0 Å². The Morgan fingerprint density at radius 1 is 1.46 bits per heavy atom. The van der Waals surface area contributed by atoms with E-state index < -0.39 is 0 Å². The van der Waals surface area contributed by atoms with Gasteiger partial charge in [-0.15, -0.1) is 0 Å². The molecule has 0 saturated carbocycles. The molecule has 3 N–H and O–H groups in total. The highest BCUT2D eigenvalue weighted by molar-refractivity contribution is 5.44. The molecule has 0 amide bonds. The minimum atomic E-state index is 0.0628. The number of hydrogen-bond acceptors (Lipinski definition) is 4. The van der Waals surface area contributed by atoms with Crippen LogP contribution in [0, 0.1) is 0 Å². The minimum absolute atomic E-state index is 0.0628. The summed E-state index contributed by atoms with van der Waals surface area (Å²) in [5, 5.41) is 9.40. The molecule has 0 aromatic heterocycles. The van der Waals surface area contributed by atoms with Crippen LogP contribution >= 0.6 is 0 Å². The van der Waals surface area contributed by atoms with E-state index in [0.29, 0.717) is 24.7 Å². The summed E-state index contributed by atoms with van der Waals surface area (Å²) in [6.07, 6.45) is 0. The van der Waals surface area contributed by atoms with Crippen molar-refractivity contribution in [1.82, 2.24) is 0 Å². The summed E-state index contributed by atoms with van der Waals surface area (Å²) < 4.78 is 10.1. The summed E-state index contributed by atoms with van der Waals surface area (Å²) in [5.41, 5.74) is 5.25. The van der Waals surface area contributed by atoms with Gasteiger partial charge in [0, 0.05) is 12.6 Å². The Morgan fingerprint density at radius 2 is 2.23 bits per heavy atom. The third-order valence-electron chi connectivity index (χ3n) is 1.54. The van der Waals surface area contributed by atoms with Gasteiger partial charge in [-0.3, -0.25) is 0 Å². The van der Waals surface area contributed by atoms with E-state index in [1.54, 1.807) is 12.1 Å². The maximum Gasteiger partial charge on any atom is 0.161 e. The molecule has 4 nitrogen and oxygen atoms in total. The van der Waals surface area contributed by atoms with E-state index in [-0.39, 0.29) is 5.75 Å². The first-order valence-electron chi connectivity index (χ1n) is 3.98. The molecule has 0 aliphatic rings. The van der Waals surface area contributed by atoms with Gasteiger partial charge in [0.15, 0.2) is 11.5 Å². The molecule has 0 saturated heterocycles. The Labute approximate surface area is 76.9 Å². The van der Waals surface area contributed by atoms with Crippen LogP contribution in [-0.4, -0.2) is 25.4 Å². The fourth-order valence-corrected chi connectivity index (χ4v) is 0.915. The van der Waals surface area contributed by atoms with Crippen molar-refractivity contribution in [2.45, 2.75) is 0 Å². The first kappa shape index (κ1) is 9.67. The summed E-state index contributed by atoms with van der Waals surface area (Å²) in [6.45, 7) is 0.811. The number of nitrogens with two attached hydrogens (primary N) is 1. The van der Waals surface area contributed by atoms with Gasteiger partial charge in [-0.1, -0.05) is 0 Å². The second kappa shape index (κ2) is 4.57. The van der Waals surface area contributed by atoms with Crippen molar-refractivity contribution >= 4 is 0 Å². The maximum absolute atomic E-state index is 9.40. The van der Waals surface area contributed by atoms with Gasteiger partial charge in [0.25, 0.3) is 0 Å². The molecule has 72 valence electrons. The fourth-order valence-electron chi connectivity index (χ4n) is 0.915. The van der Waals surface area contributed by atoms with Crippen LogP contribution in [0.4, 0.5) is 0 Å². The number of phenols is 1. The first-order chi connectivity index (χ1) is 6.27. The van der Waals surface area contributed by atoms with Crippen LogP contribution in [0.2, 0.25) is 0 Å². The van der Waals surface area contributed by atoms with Crippen molar-refractivity contribution in [1.29, 1.82) is 0 Å². The Morgan fingerprint density at radius 3 is 2.77 bits per heavy atom. The van der Waals surface area contributed by atoms with E-state index >= 15 is 0 Å². The van der Waals surface area contributed by atoms with Crippen LogP contribution in [0.15, 0.2) is 18.2 Å². The van der Waals surface area contributed by atoms with Crippen LogP contribution in [0.5, 0.6) is 17.2 Å². The van der Waals surface area contributed by atoms with Crippen molar-refractivity contribution < 1.29 is 14.6 Å². The SMILES string of the molecule is COc1ccc(OCCN)c(O)c1. The first-order valence-corrected chi connectivity index (χ1v) is 3.98. The lowest BCUT2D eigenvalue weighted by Gasteiger charge is -2.07. The Balaban J connectivity index is 2.73. The topological polar surface area (TPSA) is 64.7 Å². The molecule has 13 heavy (non-hydrogen) atoms. The van der Waals surface area contributed by atoms with Gasteiger partial charge in [-0.2, -0.15) is 0 Å². The number of hydrogen-bond donors (Lipinski definition) is 2. The number of benzene rings is 1. The molecule has 0 fully saturated rings. The highest BCUT2D eigenvalue weighted by Crippen LogP contribution is 2.29. The van der Waals surface area contributed by atoms with Gasteiger partial charge in [0.1, 0.15) is 12.4 Å². The van der Waals surface area contributed by atoms with Crippen LogP contribution in [-0.2, 0) is 0 Å². The highest BCUT2D eigenvalue weighted by Gasteiger charge is 2.02. The maximum atomic E-state index is 9.40. The number of phenolic OH excluding ortho intramolecular Hbond substituents is 1. The molecule has 4 heteroatoms. The van der Waals surface area contributed by atoms with Crippen LogP contribution in [0.25, 0.3) is 0 Å². The zero-order chi connectivity index (χ0) is 9.68. The molecule has 0 heterocycles. The average molecular weight is 183 g/mol. The van der Waals surface area contributed by atoms with Crippen molar-refractivity contribution in [3.05, 3.63) is 18.2 Å². The fraction of sp³-hybridized carbons (Fsp3) is 0.333. The highest BCUT2D eigenvalue weighted by atomic mass is 16.5. The van der Waals surface area contributed by atoms with Crippen molar-refractivity contribution in [2.75, 3.05) is 20.3 Å². The summed E-state index contributed by atoms with van der Waals surface area (Å²) in [7, 11) is 1.54. The van der Waals surface area contributed by atoms with E-state index in [1.165, 1.54) is 13.2 Å². The Bertz CT molecular complexity index is 276. The predicted molar refractivity (Wildman–Crippen MR) is 49.2 cm³/mol. The number of ether oxygens (including phenoxy) is 2. The van der Waals surface area contributed by atoms with E-state index in [2.05, 4.69) is 0 Å². The summed E-state index contributed by atoms with van der Waals surface area (Å²) in [6, 6.07) is 4.85. The van der Waals surface area contributed by atoms with Gasteiger partial charge in [0.05, 0.1) is 7.11 Å². The van der Waals surface area contributed by atoms with Crippen molar-refractivity contribution in [3.8, 4) is 17.2 Å². The monoisotopic (exact) mass is 183 g/mol. The second-order valence-corrected chi connectivity index (χ2v) is 2.47. The Kier molecular flexibility index (Phi) is 3.40.